The van der Waals surface area contributed by atoms with E-state index in [-0.39, 0.29) is 10.8 Å². The number of nitrogens with zero attached hydrogens (tertiary/aromatic N) is 1. The molecule has 0 spiro atoms. The van der Waals surface area contributed by atoms with E-state index in [9.17, 15) is 19.2 Å². The van der Waals surface area contributed by atoms with Gasteiger partial charge < -0.3 is 10.1 Å². The summed E-state index contributed by atoms with van der Waals surface area (Å²) in [4.78, 5) is 49.4. The maximum atomic E-state index is 12.5. The Hall–Kier alpha value is -3.68. The summed E-state index contributed by atoms with van der Waals surface area (Å²) >= 11 is 0. The molecule has 3 aromatic rings. The largest absolute Gasteiger partial charge is 0.451 e. The van der Waals surface area contributed by atoms with Crippen molar-refractivity contribution in [2.24, 2.45) is 0 Å². The SMILES string of the molecule is Cc1cc(C)c(NC(=O)C(C)OC(=O)Cn2[nH]c(=O)c3ccccc3c2=O)c(C)c1. The molecule has 0 radical (unpaired) electrons. The van der Waals surface area contributed by atoms with E-state index in [4.69, 9.17) is 4.74 Å². The highest BCUT2D eigenvalue weighted by atomic mass is 16.5. The molecule has 1 atom stereocenters. The fourth-order valence-electron chi connectivity index (χ4n) is 3.38. The molecule has 1 amide bonds. The van der Waals surface area contributed by atoms with E-state index in [1.54, 1.807) is 12.1 Å². The summed E-state index contributed by atoms with van der Waals surface area (Å²) in [7, 11) is 0. The third-order valence-electron chi connectivity index (χ3n) is 4.77. The maximum absolute atomic E-state index is 12.5. The Kier molecular flexibility index (Phi) is 5.86. The highest BCUT2D eigenvalue weighted by Gasteiger charge is 2.20. The minimum absolute atomic E-state index is 0.199. The van der Waals surface area contributed by atoms with Crippen LogP contribution in [0.25, 0.3) is 10.8 Å². The lowest BCUT2D eigenvalue weighted by Gasteiger charge is -2.17. The standard InChI is InChI=1S/C22H23N3O5/c1-12-9-13(2)19(14(3)10-12)23-20(27)15(4)30-18(26)11-25-22(29)17-8-6-5-7-16(17)21(28)24-25/h5-10,15H,11H2,1-4H3,(H,23,27)(H,24,28). The molecular weight excluding hydrogens is 386 g/mol. The summed E-state index contributed by atoms with van der Waals surface area (Å²) in [6.45, 7) is 6.66. The van der Waals surface area contributed by atoms with Gasteiger partial charge in [0.1, 0.15) is 6.54 Å². The number of carbonyl (C=O) groups is 2. The van der Waals surface area contributed by atoms with E-state index in [1.807, 2.05) is 32.9 Å². The molecule has 156 valence electrons. The number of carbonyl (C=O) groups excluding carboxylic acids is 2. The number of benzene rings is 2. The van der Waals surface area contributed by atoms with Gasteiger partial charge in [0.25, 0.3) is 17.0 Å². The number of fused-ring (bicyclic) bond motifs is 1. The molecule has 8 nitrogen and oxygen atoms in total. The predicted molar refractivity (Wildman–Crippen MR) is 114 cm³/mol. The lowest BCUT2D eigenvalue weighted by atomic mass is 10.0. The van der Waals surface area contributed by atoms with E-state index in [0.29, 0.717) is 5.69 Å². The van der Waals surface area contributed by atoms with Crippen LogP contribution in [0.2, 0.25) is 0 Å². The Morgan fingerprint density at radius 1 is 1.07 bits per heavy atom. The van der Waals surface area contributed by atoms with Gasteiger partial charge in [-0.1, -0.05) is 29.8 Å². The van der Waals surface area contributed by atoms with Crippen LogP contribution in [0.15, 0.2) is 46.0 Å². The normalized spacial score (nSPS) is 11.9. The number of nitrogens with one attached hydrogen (secondary N) is 2. The van der Waals surface area contributed by atoms with E-state index >= 15 is 0 Å². The first-order valence-electron chi connectivity index (χ1n) is 9.47. The van der Waals surface area contributed by atoms with Gasteiger partial charge in [0, 0.05) is 5.69 Å². The van der Waals surface area contributed by atoms with Crippen LogP contribution in [0, 0.1) is 20.8 Å². The predicted octanol–water partition coefficient (Wildman–Crippen LogP) is 2.19. The number of aromatic nitrogens is 2. The molecule has 2 N–H and O–H groups in total. The quantitative estimate of drug-likeness (QED) is 0.628. The molecule has 0 fully saturated rings. The van der Waals surface area contributed by atoms with Crippen LogP contribution in [-0.2, 0) is 20.9 Å². The molecule has 0 aliphatic heterocycles. The topological polar surface area (TPSA) is 110 Å². The van der Waals surface area contributed by atoms with Crippen LogP contribution >= 0.6 is 0 Å². The van der Waals surface area contributed by atoms with Gasteiger partial charge in [0.05, 0.1) is 10.8 Å². The van der Waals surface area contributed by atoms with Crippen molar-refractivity contribution in [3.8, 4) is 0 Å². The van der Waals surface area contributed by atoms with E-state index in [0.717, 1.165) is 21.4 Å². The third kappa shape index (κ3) is 4.32. The summed E-state index contributed by atoms with van der Waals surface area (Å²) in [5.41, 5.74) is 2.54. The van der Waals surface area contributed by atoms with Crippen molar-refractivity contribution in [2.75, 3.05) is 5.32 Å². The molecular formula is C22H23N3O5. The minimum Gasteiger partial charge on any atom is -0.451 e. The van der Waals surface area contributed by atoms with Crippen molar-refractivity contribution < 1.29 is 14.3 Å². The smallest absolute Gasteiger partial charge is 0.328 e. The van der Waals surface area contributed by atoms with Crippen molar-refractivity contribution in [2.45, 2.75) is 40.3 Å². The average Bonchev–Trinajstić information content (AvgIpc) is 2.68. The van der Waals surface area contributed by atoms with Crippen molar-refractivity contribution in [3.05, 3.63) is 73.8 Å². The monoisotopic (exact) mass is 409 g/mol. The number of anilines is 1. The number of ether oxygens (including phenoxy) is 1. The van der Waals surface area contributed by atoms with Crippen LogP contribution in [-0.4, -0.2) is 27.8 Å². The van der Waals surface area contributed by atoms with Gasteiger partial charge in [0.15, 0.2) is 6.10 Å². The second kappa shape index (κ2) is 8.36. The van der Waals surface area contributed by atoms with Gasteiger partial charge >= 0.3 is 5.97 Å². The third-order valence-corrected chi connectivity index (χ3v) is 4.77. The second-order valence-corrected chi connectivity index (χ2v) is 7.27. The zero-order chi connectivity index (χ0) is 22.0. The number of rotatable bonds is 5. The van der Waals surface area contributed by atoms with E-state index in [1.165, 1.54) is 19.1 Å². The molecule has 0 saturated carbocycles. The average molecular weight is 409 g/mol. The Morgan fingerprint density at radius 3 is 2.30 bits per heavy atom. The fraction of sp³-hybridized carbons (Fsp3) is 0.273. The molecule has 0 bridgehead atoms. The molecule has 8 heteroatoms. The number of H-pyrrole nitrogens is 1. The molecule has 1 aromatic heterocycles. The van der Waals surface area contributed by atoms with Gasteiger partial charge in [-0.25, -0.2) is 4.68 Å². The highest BCUT2D eigenvalue weighted by molar-refractivity contribution is 5.96. The fourth-order valence-corrected chi connectivity index (χ4v) is 3.38. The molecule has 0 aliphatic rings. The van der Waals surface area contributed by atoms with Crippen molar-refractivity contribution in [3.63, 3.8) is 0 Å². The summed E-state index contributed by atoms with van der Waals surface area (Å²) in [5.74, 6) is -1.30. The molecule has 2 aromatic carbocycles. The van der Waals surface area contributed by atoms with E-state index < -0.39 is 35.6 Å². The first kappa shape index (κ1) is 21.0. The second-order valence-electron chi connectivity index (χ2n) is 7.27. The maximum Gasteiger partial charge on any atom is 0.328 e. The Balaban J connectivity index is 1.71. The molecule has 3 rings (SSSR count). The highest BCUT2D eigenvalue weighted by Crippen LogP contribution is 2.22. The molecule has 0 saturated heterocycles. The number of esters is 1. The number of aromatic amines is 1. The molecule has 1 heterocycles. The van der Waals surface area contributed by atoms with Crippen LogP contribution < -0.4 is 16.4 Å². The molecule has 1 unspecified atom stereocenters. The van der Waals surface area contributed by atoms with E-state index in [2.05, 4.69) is 10.4 Å². The van der Waals surface area contributed by atoms with Crippen LogP contribution in [0.3, 0.4) is 0 Å². The number of hydrogen-bond acceptors (Lipinski definition) is 5. The van der Waals surface area contributed by atoms with Gasteiger partial charge in [-0.2, -0.15) is 0 Å². The molecule has 30 heavy (non-hydrogen) atoms. The minimum atomic E-state index is -1.08. The Morgan fingerprint density at radius 2 is 1.67 bits per heavy atom. The lowest BCUT2D eigenvalue weighted by molar-refractivity contribution is -0.154. The number of hydrogen-bond donors (Lipinski definition) is 2. The van der Waals surface area contributed by atoms with Gasteiger partial charge in [-0.05, 0) is 51.0 Å². The Labute approximate surface area is 172 Å². The summed E-state index contributed by atoms with van der Waals surface area (Å²) < 4.78 is 6.05. The number of amides is 1. The van der Waals surface area contributed by atoms with Gasteiger partial charge in [-0.3, -0.25) is 24.3 Å². The van der Waals surface area contributed by atoms with Crippen LogP contribution in [0.5, 0.6) is 0 Å². The van der Waals surface area contributed by atoms with Gasteiger partial charge in [-0.15, -0.1) is 0 Å². The zero-order valence-electron chi connectivity index (χ0n) is 17.2. The van der Waals surface area contributed by atoms with Crippen LogP contribution in [0.1, 0.15) is 23.6 Å². The van der Waals surface area contributed by atoms with Crippen molar-refractivity contribution >= 4 is 28.3 Å². The van der Waals surface area contributed by atoms with Crippen molar-refractivity contribution in [1.29, 1.82) is 0 Å². The first-order valence-corrected chi connectivity index (χ1v) is 9.47. The first-order chi connectivity index (χ1) is 14.2. The summed E-state index contributed by atoms with van der Waals surface area (Å²) in [5, 5.41) is 5.57. The van der Waals surface area contributed by atoms with Crippen LogP contribution in [0.4, 0.5) is 5.69 Å². The Bertz CT molecular complexity index is 1230. The zero-order valence-corrected chi connectivity index (χ0v) is 17.2. The number of aryl methyl sites for hydroxylation is 3. The molecule has 0 aliphatic carbocycles. The van der Waals surface area contributed by atoms with Crippen molar-refractivity contribution in [1.82, 2.24) is 9.78 Å². The summed E-state index contributed by atoms with van der Waals surface area (Å²) in [6.07, 6.45) is -1.08. The summed E-state index contributed by atoms with van der Waals surface area (Å²) in [6, 6.07) is 10.2. The lowest BCUT2D eigenvalue weighted by Crippen LogP contribution is -2.36. The van der Waals surface area contributed by atoms with Gasteiger partial charge in [0.2, 0.25) is 0 Å².